The molecule has 0 radical (unpaired) electrons. The average Bonchev–Trinajstić information content (AvgIpc) is 2.96. The third-order valence-electron chi connectivity index (χ3n) is 3.70. The largest absolute Gasteiger partial charge is 0.375 e. The summed E-state index contributed by atoms with van der Waals surface area (Å²) in [5.74, 6) is 0.794. The first-order chi connectivity index (χ1) is 11.5. The Morgan fingerprint density at radius 1 is 1.50 bits per heavy atom. The average molecular weight is 350 g/mol. The van der Waals surface area contributed by atoms with Crippen molar-refractivity contribution in [2.45, 2.75) is 12.6 Å². The van der Waals surface area contributed by atoms with Crippen molar-refractivity contribution in [3.63, 3.8) is 0 Å². The van der Waals surface area contributed by atoms with E-state index in [-0.39, 0.29) is 6.10 Å². The lowest BCUT2D eigenvalue weighted by molar-refractivity contribution is 0.106. The Balaban J connectivity index is 1.96. The molecule has 1 heterocycles. The summed E-state index contributed by atoms with van der Waals surface area (Å²) in [7, 11) is 7.35. The van der Waals surface area contributed by atoms with Gasteiger partial charge in [-0.05, 0) is 17.7 Å². The number of halogens is 1. The minimum absolute atomic E-state index is 0.104. The van der Waals surface area contributed by atoms with Crippen LogP contribution in [0.4, 0.5) is 0 Å². The molecular weight excluding hydrogens is 326 g/mol. The number of hydrogen-bond donors (Lipinski definition) is 1. The van der Waals surface area contributed by atoms with Crippen molar-refractivity contribution in [3.8, 4) is 0 Å². The zero-order chi connectivity index (χ0) is 17.5. The Morgan fingerprint density at radius 3 is 2.88 bits per heavy atom. The summed E-state index contributed by atoms with van der Waals surface area (Å²) >= 11 is 6.06. The van der Waals surface area contributed by atoms with Crippen molar-refractivity contribution in [1.82, 2.24) is 20.0 Å². The summed E-state index contributed by atoms with van der Waals surface area (Å²) in [5, 5.41) is 8.23. The molecule has 130 valence electrons. The summed E-state index contributed by atoms with van der Waals surface area (Å²) in [5.41, 5.74) is 2.16. The maximum atomic E-state index is 6.06. The first-order valence-electron chi connectivity index (χ1n) is 7.71. The second-order valence-electron chi connectivity index (χ2n) is 5.59. The van der Waals surface area contributed by atoms with Crippen molar-refractivity contribution >= 4 is 17.6 Å². The first kappa shape index (κ1) is 18.3. The number of guanidine groups is 1. The van der Waals surface area contributed by atoms with Crippen LogP contribution < -0.4 is 5.32 Å². The van der Waals surface area contributed by atoms with E-state index in [0.717, 1.165) is 23.6 Å². The quantitative estimate of drug-likeness (QED) is 0.643. The van der Waals surface area contributed by atoms with Gasteiger partial charge in [-0.1, -0.05) is 23.7 Å². The lowest BCUT2D eigenvalue weighted by atomic mass is 10.1. The number of rotatable bonds is 6. The minimum atomic E-state index is -0.104. The standard InChI is InChI=1S/C17H24ClN5O/c1-19-17(22(2)11-13-9-21-23(3)12-13)20-10-16(24-4)14-6-5-7-15(18)8-14/h5-9,12,16H,10-11H2,1-4H3,(H,19,20). The number of aryl methyl sites for hydroxylation is 1. The van der Waals surface area contributed by atoms with Gasteiger partial charge in [-0.25, -0.2) is 0 Å². The number of methoxy groups -OCH3 is 1. The second kappa shape index (κ2) is 8.70. The molecule has 2 aromatic rings. The molecule has 7 heteroatoms. The molecule has 0 amide bonds. The highest BCUT2D eigenvalue weighted by Gasteiger charge is 2.14. The van der Waals surface area contributed by atoms with Crippen molar-refractivity contribution in [2.24, 2.45) is 12.0 Å². The van der Waals surface area contributed by atoms with Gasteiger partial charge in [-0.3, -0.25) is 9.67 Å². The molecule has 24 heavy (non-hydrogen) atoms. The molecule has 0 aliphatic heterocycles. The van der Waals surface area contributed by atoms with Gasteiger partial charge in [-0.2, -0.15) is 5.10 Å². The Bertz CT molecular complexity index is 685. The number of ether oxygens (including phenoxy) is 1. The van der Waals surface area contributed by atoms with E-state index in [0.29, 0.717) is 11.6 Å². The van der Waals surface area contributed by atoms with Crippen LogP contribution in [0.3, 0.4) is 0 Å². The second-order valence-corrected chi connectivity index (χ2v) is 6.02. The number of aromatic nitrogens is 2. The van der Waals surface area contributed by atoms with E-state index in [4.69, 9.17) is 16.3 Å². The predicted molar refractivity (Wildman–Crippen MR) is 97.2 cm³/mol. The highest BCUT2D eigenvalue weighted by atomic mass is 35.5. The molecular formula is C17H24ClN5O. The predicted octanol–water partition coefficient (Wildman–Crippen LogP) is 2.47. The summed E-state index contributed by atoms with van der Waals surface area (Å²) in [4.78, 5) is 6.37. The highest BCUT2D eigenvalue weighted by molar-refractivity contribution is 6.30. The van der Waals surface area contributed by atoms with Crippen LogP contribution in [0.5, 0.6) is 0 Å². The lowest BCUT2D eigenvalue weighted by Gasteiger charge is -2.24. The van der Waals surface area contributed by atoms with E-state index in [9.17, 15) is 0 Å². The molecule has 1 aromatic heterocycles. The number of hydrogen-bond acceptors (Lipinski definition) is 3. The van der Waals surface area contributed by atoms with Gasteiger partial charge in [0.1, 0.15) is 0 Å². The fourth-order valence-electron chi connectivity index (χ4n) is 2.52. The number of aliphatic imine (C=N–C) groups is 1. The van der Waals surface area contributed by atoms with E-state index in [1.807, 2.05) is 55.7 Å². The van der Waals surface area contributed by atoms with Crippen LogP contribution >= 0.6 is 11.6 Å². The maximum absolute atomic E-state index is 6.06. The summed E-state index contributed by atoms with van der Waals surface area (Å²) in [6, 6.07) is 7.70. The normalized spacial score (nSPS) is 13.0. The Kier molecular flexibility index (Phi) is 6.63. The van der Waals surface area contributed by atoms with Gasteiger partial charge in [0.2, 0.25) is 0 Å². The van der Waals surface area contributed by atoms with E-state index in [2.05, 4.69) is 15.4 Å². The van der Waals surface area contributed by atoms with Crippen LogP contribution in [-0.4, -0.2) is 48.4 Å². The number of nitrogens with one attached hydrogen (secondary N) is 1. The van der Waals surface area contributed by atoms with E-state index in [1.54, 1.807) is 18.8 Å². The number of nitrogens with zero attached hydrogens (tertiary/aromatic N) is 4. The first-order valence-corrected chi connectivity index (χ1v) is 8.09. The lowest BCUT2D eigenvalue weighted by Crippen LogP contribution is -2.40. The highest BCUT2D eigenvalue weighted by Crippen LogP contribution is 2.19. The molecule has 1 aromatic carbocycles. The molecule has 1 unspecified atom stereocenters. The molecule has 0 saturated carbocycles. The topological polar surface area (TPSA) is 54.7 Å². The van der Waals surface area contributed by atoms with Crippen LogP contribution in [0, 0.1) is 0 Å². The van der Waals surface area contributed by atoms with Crippen molar-refractivity contribution in [2.75, 3.05) is 27.7 Å². The molecule has 0 spiro atoms. The maximum Gasteiger partial charge on any atom is 0.193 e. The molecule has 2 rings (SSSR count). The van der Waals surface area contributed by atoms with Gasteiger partial charge in [0.05, 0.1) is 12.3 Å². The zero-order valence-electron chi connectivity index (χ0n) is 14.5. The SMILES string of the molecule is CN=C(NCC(OC)c1cccc(Cl)c1)N(C)Cc1cnn(C)c1. The molecule has 0 aliphatic carbocycles. The van der Waals surface area contributed by atoms with E-state index >= 15 is 0 Å². The molecule has 1 atom stereocenters. The van der Waals surface area contributed by atoms with Crippen LogP contribution in [-0.2, 0) is 18.3 Å². The van der Waals surface area contributed by atoms with Crippen LogP contribution in [0.1, 0.15) is 17.2 Å². The van der Waals surface area contributed by atoms with Gasteiger partial charge >= 0.3 is 0 Å². The van der Waals surface area contributed by atoms with Crippen molar-refractivity contribution in [1.29, 1.82) is 0 Å². The minimum Gasteiger partial charge on any atom is -0.375 e. The third kappa shape index (κ3) is 4.97. The van der Waals surface area contributed by atoms with Crippen molar-refractivity contribution < 1.29 is 4.74 Å². The van der Waals surface area contributed by atoms with E-state index < -0.39 is 0 Å². The van der Waals surface area contributed by atoms with Gasteiger partial charge in [0, 0.05) is 58.1 Å². The fourth-order valence-corrected chi connectivity index (χ4v) is 2.71. The van der Waals surface area contributed by atoms with Gasteiger partial charge in [-0.15, -0.1) is 0 Å². The summed E-state index contributed by atoms with van der Waals surface area (Å²) in [6.07, 6.45) is 3.74. The van der Waals surface area contributed by atoms with Gasteiger partial charge in [0.15, 0.2) is 5.96 Å². The molecule has 0 aliphatic rings. The summed E-state index contributed by atoms with van der Waals surface area (Å²) < 4.78 is 7.37. The molecule has 0 saturated heterocycles. The van der Waals surface area contributed by atoms with Crippen LogP contribution in [0.2, 0.25) is 5.02 Å². The number of benzene rings is 1. The Morgan fingerprint density at radius 2 is 2.29 bits per heavy atom. The van der Waals surface area contributed by atoms with Gasteiger partial charge in [0.25, 0.3) is 0 Å². The Labute approximate surface area is 148 Å². The van der Waals surface area contributed by atoms with Crippen molar-refractivity contribution in [3.05, 3.63) is 52.8 Å². The fraction of sp³-hybridized carbons (Fsp3) is 0.412. The van der Waals surface area contributed by atoms with Crippen LogP contribution in [0.25, 0.3) is 0 Å². The van der Waals surface area contributed by atoms with Gasteiger partial charge < -0.3 is 15.0 Å². The smallest absolute Gasteiger partial charge is 0.193 e. The zero-order valence-corrected chi connectivity index (χ0v) is 15.3. The molecule has 6 nitrogen and oxygen atoms in total. The van der Waals surface area contributed by atoms with E-state index in [1.165, 1.54) is 0 Å². The molecule has 0 bridgehead atoms. The molecule has 1 N–H and O–H groups in total. The molecule has 0 fully saturated rings. The third-order valence-corrected chi connectivity index (χ3v) is 3.94. The summed E-state index contributed by atoms with van der Waals surface area (Å²) in [6.45, 7) is 1.32. The van der Waals surface area contributed by atoms with Crippen LogP contribution in [0.15, 0.2) is 41.7 Å². The monoisotopic (exact) mass is 349 g/mol. The Hall–Kier alpha value is -2.05.